The third kappa shape index (κ3) is 3.00. The van der Waals surface area contributed by atoms with Gasteiger partial charge in [-0.1, -0.05) is 6.07 Å². The van der Waals surface area contributed by atoms with Gasteiger partial charge < -0.3 is 4.74 Å². The molecule has 1 aliphatic heterocycles. The topological polar surface area (TPSA) is 46.6 Å². The Labute approximate surface area is 128 Å². The molecule has 1 aromatic carbocycles. The summed E-state index contributed by atoms with van der Waals surface area (Å²) in [6.07, 6.45) is -0.148. The molecule has 4 nitrogen and oxygen atoms in total. The number of benzene rings is 1. The SMILES string of the molecule is Cc1cc(C)c(C)c(S(=O)(=O)N2CC(C)OC(C)C2)c1C. The summed E-state index contributed by atoms with van der Waals surface area (Å²) in [6, 6.07) is 2.05. The molecule has 118 valence electrons. The van der Waals surface area contributed by atoms with Crippen LogP contribution < -0.4 is 0 Å². The molecule has 1 fully saturated rings. The lowest BCUT2D eigenvalue weighted by molar-refractivity contribution is -0.0441. The predicted molar refractivity (Wildman–Crippen MR) is 84.2 cm³/mol. The number of nitrogens with zero attached hydrogens (tertiary/aromatic N) is 1. The average molecular weight is 311 g/mol. The highest BCUT2D eigenvalue weighted by molar-refractivity contribution is 7.89. The summed E-state index contributed by atoms with van der Waals surface area (Å²) in [5.74, 6) is 0. The van der Waals surface area contributed by atoms with Crippen molar-refractivity contribution < 1.29 is 13.2 Å². The van der Waals surface area contributed by atoms with E-state index in [1.807, 2.05) is 47.6 Å². The van der Waals surface area contributed by atoms with Crippen LogP contribution >= 0.6 is 0 Å². The molecular weight excluding hydrogens is 286 g/mol. The van der Waals surface area contributed by atoms with E-state index in [1.54, 1.807) is 4.31 Å². The smallest absolute Gasteiger partial charge is 0.243 e. The highest BCUT2D eigenvalue weighted by atomic mass is 32.2. The Morgan fingerprint density at radius 3 is 1.86 bits per heavy atom. The number of aryl methyl sites for hydroxylation is 2. The van der Waals surface area contributed by atoms with Crippen molar-refractivity contribution in [3.63, 3.8) is 0 Å². The minimum absolute atomic E-state index is 0.0740. The van der Waals surface area contributed by atoms with Gasteiger partial charge in [-0.3, -0.25) is 0 Å². The van der Waals surface area contributed by atoms with Crippen LogP contribution in [-0.2, 0) is 14.8 Å². The first-order chi connectivity index (χ1) is 9.64. The molecule has 1 heterocycles. The van der Waals surface area contributed by atoms with E-state index >= 15 is 0 Å². The minimum atomic E-state index is -3.48. The molecule has 0 amide bonds. The maximum atomic E-state index is 13.1. The Bertz CT molecular complexity index is 616. The van der Waals surface area contributed by atoms with Crippen molar-refractivity contribution in [1.82, 2.24) is 4.31 Å². The molecule has 21 heavy (non-hydrogen) atoms. The van der Waals surface area contributed by atoms with Crippen molar-refractivity contribution in [2.24, 2.45) is 0 Å². The van der Waals surface area contributed by atoms with Crippen LogP contribution in [0.4, 0.5) is 0 Å². The van der Waals surface area contributed by atoms with Gasteiger partial charge in [0.1, 0.15) is 0 Å². The van der Waals surface area contributed by atoms with Crippen LogP contribution in [0.1, 0.15) is 36.1 Å². The van der Waals surface area contributed by atoms with E-state index in [1.165, 1.54) is 0 Å². The molecule has 0 bridgehead atoms. The lowest BCUT2D eigenvalue weighted by Crippen LogP contribution is -2.48. The lowest BCUT2D eigenvalue weighted by atomic mass is 10.0. The van der Waals surface area contributed by atoms with Crippen molar-refractivity contribution in [1.29, 1.82) is 0 Å². The lowest BCUT2D eigenvalue weighted by Gasteiger charge is -2.35. The summed E-state index contributed by atoms with van der Waals surface area (Å²) in [4.78, 5) is 0.473. The predicted octanol–water partition coefficient (Wildman–Crippen LogP) is 2.72. The molecule has 5 heteroatoms. The number of hydrogen-bond donors (Lipinski definition) is 0. The Morgan fingerprint density at radius 1 is 1.00 bits per heavy atom. The zero-order valence-electron chi connectivity index (χ0n) is 13.7. The van der Waals surface area contributed by atoms with Gasteiger partial charge in [0.25, 0.3) is 0 Å². The molecular formula is C16H25NO3S. The number of morpholine rings is 1. The van der Waals surface area contributed by atoms with Crippen molar-refractivity contribution in [3.8, 4) is 0 Å². The first-order valence-electron chi connectivity index (χ1n) is 7.37. The fourth-order valence-electron chi connectivity index (χ4n) is 3.02. The van der Waals surface area contributed by atoms with Gasteiger partial charge >= 0.3 is 0 Å². The van der Waals surface area contributed by atoms with E-state index in [9.17, 15) is 8.42 Å². The first kappa shape index (κ1) is 16.5. The molecule has 1 aromatic rings. The number of sulfonamides is 1. The molecule has 2 rings (SSSR count). The summed E-state index contributed by atoms with van der Waals surface area (Å²) in [6.45, 7) is 12.4. The monoisotopic (exact) mass is 311 g/mol. The summed E-state index contributed by atoms with van der Waals surface area (Å²) in [7, 11) is -3.48. The van der Waals surface area contributed by atoms with E-state index in [-0.39, 0.29) is 12.2 Å². The summed E-state index contributed by atoms with van der Waals surface area (Å²) in [5, 5.41) is 0. The van der Waals surface area contributed by atoms with E-state index in [0.717, 1.165) is 22.3 Å². The summed E-state index contributed by atoms with van der Waals surface area (Å²) in [5.41, 5.74) is 3.74. The molecule has 2 atom stereocenters. The fraction of sp³-hybridized carbons (Fsp3) is 0.625. The number of hydrogen-bond acceptors (Lipinski definition) is 3. The van der Waals surface area contributed by atoms with E-state index in [0.29, 0.717) is 18.0 Å². The van der Waals surface area contributed by atoms with Crippen LogP contribution in [0.5, 0.6) is 0 Å². The van der Waals surface area contributed by atoms with Crippen molar-refractivity contribution in [2.75, 3.05) is 13.1 Å². The van der Waals surface area contributed by atoms with Gasteiger partial charge in [0.15, 0.2) is 0 Å². The maximum Gasteiger partial charge on any atom is 0.243 e. The first-order valence-corrected chi connectivity index (χ1v) is 8.81. The number of rotatable bonds is 2. The Hall–Kier alpha value is -0.910. The van der Waals surface area contributed by atoms with Crippen LogP contribution in [0.2, 0.25) is 0 Å². The highest BCUT2D eigenvalue weighted by Gasteiger charge is 2.34. The van der Waals surface area contributed by atoms with Crippen molar-refractivity contribution in [2.45, 2.75) is 58.6 Å². The van der Waals surface area contributed by atoms with Gasteiger partial charge in [0.05, 0.1) is 17.1 Å². The average Bonchev–Trinajstić information content (AvgIpc) is 2.35. The fourth-order valence-corrected chi connectivity index (χ4v) is 5.19. The quantitative estimate of drug-likeness (QED) is 0.843. The highest BCUT2D eigenvalue weighted by Crippen LogP contribution is 2.30. The molecule has 0 aromatic heterocycles. The molecule has 0 saturated carbocycles. The Kier molecular flexibility index (Phi) is 4.47. The molecule has 0 aliphatic carbocycles. The molecule has 1 saturated heterocycles. The van der Waals surface area contributed by atoms with Gasteiger partial charge in [-0.15, -0.1) is 0 Å². The Balaban J connectivity index is 2.55. The van der Waals surface area contributed by atoms with Crippen molar-refractivity contribution >= 4 is 10.0 Å². The van der Waals surface area contributed by atoms with Gasteiger partial charge in [-0.2, -0.15) is 4.31 Å². The van der Waals surface area contributed by atoms with Crippen molar-refractivity contribution in [3.05, 3.63) is 28.3 Å². The van der Waals surface area contributed by atoms with Crippen LogP contribution in [0, 0.1) is 27.7 Å². The summed E-state index contributed by atoms with van der Waals surface area (Å²) >= 11 is 0. The molecule has 0 radical (unpaired) electrons. The number of ether oxygens (including phenoxy) is 1. The van der Waals surface area contributed by atoms with E-state index < -0.39 is 10.0 Å². The van der Waals surface area contributed by atoms with Gasteiger partial charge in [0.2, 0.25) is 10.0 Å². The second-order valence-electron chi connectivity index (χ2n) is 6.17. The molecule has 0 N–H and O–H groups in total. The van der Waals surface area contributed by atoms with Crippen LogP contribution in [0.15, 0.2) is 11.0 Å². The normalized spacial score (nSPS) is 24.3. The van der Waals surface area contributed by atoms with Gasteiger partial charge in [-0.25, -0.2) is 8.42 Å². The van der Waals surface area contributed by atoms with Gasteiger partial charge in [-0.05, 0) is 63.8 Å². The Morgan fingerprint density at radius 2 is 1.43 bits per heavy atom. The van der Waals surface area contributed by atoms with E-state index in [4.69, 9.17) is 4.74 Å². The third-order valence-electron chi connectivity index (χ3n) is 4.28. The largest absolute Gasteiger partial charge is 0.373 e. The second kappa shape index (κ2) is 5.71. The van der Waals surface area contributed by atoms with Crippen LogP contribution in [0.3, 0.4) is 0 Å². The van der Waals surface area contributed by atoms with Crippen LogP contribution in [-0.4, -0.2) is 38.0 Å². The second-order valence-corrected chi connectivity index (χ2v) is 8.04. The maximum absolute atomic E-state index is 13.1. The zero-order chi connectivity index (χ0) is 15.9. The van der Waals surface area contributed by atoms with Crippen LogP contribution in [0.25, 0.3) is 0 Å². The minimum Gasteiger partial charge on any atom is -0.373 e. The summed E-state index contributed by atoms with van der Waals surface area (Å²) < 4.78 is 33.4. The van der Waals surface area contributed by atoms with E-state index in [2.05, 4.69) is 0 Å². The molecule has 2 unspecified atom stereocenters. The molecule has 0 spiro atoms. The standard InChI is InChI=1S/C16H25NO3S/c1-10-7-11(2)15(6)16(14(10)5)21(18,19)17-8-12(3)20-13(4)9-17/h7,12-13H,8-9H2,1-6H3. The third-order valence-corrected chi connectivity index (χ3v) is 6.39. The molecule has 1 aliphatic rings. The van der Waals surface area contributed by atoms with Gasteiger partial charge in [0, 0.05) is 13.1 Å². The zero-order valence-corrected chi connectivity index (χ0v) is 14.5.